The first-order chi connectivity index (χ1) is 21.3. The molecule has 3 heteroatoms. The van der Waals surface area contributed by atoms with Gasteiger partial charge in [-0.1, -0.05) is 109 Å². The van der Waals surface area contributed by atoms with E-state index in [9.17, 15) is 0 Å². The van der Waals surface area contributed by atoms with Crippen LogP contribution in [0.3, 0.4) is 0 Å². The van der Waals surface area contributed by atoms with Crippen LogP contribution in [-0.4, -0.2) is 17.1 Å². The number of aromatic nitrogens is 1. The summed E-state index contributed by atoms with van der Waals surface area (Å²) in [6, 6.07) is 49.8. The first-order valence-electron chi connectivity index (χ1n) is 14.7. The van der Waals surface area contributed by atoms with Crippen LogP contribution in [0.4, 0.5) is 0 Å². The van der Waals surface area contributed by atoms with Gasteiger partial charge in [0.2, 0.25) is 0 Å². The van der Waals surface area contributed by atoms with Gasteiger partial charge in [0.15, 0.2) is 5.84 Å². The molecule has 1 aromatic heterocycles. The molecule has 0 unspecified atom stereocenters. The highest BCUT2D eigenvalue weighted by Crippen LogP contribution is 2.40. The summed E-state index contributed by atoms with van der Waals surface area (Å²) in [5, 5.41) is 2.57. The van der Waals surface area contributed by atoms with Crippen LogP contribution in [-0.2, 0) is 13.0 Å². The summed E-state index contributed by atoms with van der Waals surface area (Å²) >= 11 is 0. The largest absolute Gasteiger partial charge is 0.309 e. The third-order valence-electron chi connectivity index (χ3n) is 8.56. The van der Waals surface area contributed by atoms with E-state index in [1.54, 1.807) is 0 Å². The number of para-hydroxylation sites is 2. The van der Waals surface area contributed by atoms with E-state index in [-0.39, 0.29) is 0 Å². The third kappa shape index (κ3) is 4.38. The molecule has 1 aliphatic rings. The molecule has 7 aromatic rings. The molecule has 0 spiro atoms. The van der Waals surface area contributed by atoms with Gasteiger partial charge in [-0.25, -0.2) is 4.99 Å². The average molecular weight is 552 g/mol. The zero-order valence-electron chi connectivity index (χ0n) is 23.7. The van der Waals surface area contributed by atoms with E-state index in [1.807, 2.05) is 12.1 Å². The average Bonchev–Trinajstić information content (AvgIpc) is 3.60. The molecule has 43 heavy (non-hydrogen) atoms. The molecule has 0 saturated carbocycles. The first kappa shape index (κ1) is 25.2. The van der Waals surface area contributed by atoms with E-state index in [0.717, 1.165) is 17.5 Å². The topological polar surface area (TPSA) is 29.6 Å². The van der Waals surface area contributed by atoms with Crippen molar-refractivity contribution in [3.05, 3.63) is 162 Å². The van der Waals surface area contributed by atoms with Gasteiger partial charge in [0.1, 0.15) is 0 Å². The monoisotopic (exact) mass is 551 g/mol. The van der Waals surface area contributed by atoms with Crippen molar-refractivity contribution in [1.82, 2.24) is 4.57 Å². The number of fused-ring (bicyclic) bond motifs is 6. The lowest BCUT2D eigenvalue weighted by Gasteiger charge is -2.10. The fraction of sp³-hybridized carbons (Fsp3) is 0.0500. The minimum atomic E-state index is 0.556. The van der Waals surface area contributed by atoms with Crippen LogP contribution in [0.5, 0.6) is 0 Å². The second-order valence-corrected chi connectivity index (χ2v) is 11.1. The molecule has 1 aliphatic carbocycles. The Labute approximate surface area is 251 Å². The van der Waals surface area contributed by atoms with Gasteiger partial charge in [0, 0.05) is 22.0 Å². The lowest BCUT2D eigenvalue weighted by atomic mass is 10.0. The Morgan fingerprint density at radius 1 is 0.605 bits per heavy atom. The highest BCUT2D eigenvalue weighted by atomic mass is 15.0. The zero-order valence-corrected chi connectivity index (χ0v) is 23.7. The standard InChI is InChI=1S/C40H29N3/c1-41-40(30-13-9-12-29(23-30)28-10-3-2-4-11-28)42-26-27-18-20-34-31(22-27)24-32-25-33(19-21-35(32)34)43-38-16-7-5-14-36(38)37-15-6-8-17-39(37)43/h2-23,25H,1,24,26H2/b42-40-. The maximum absolute atomic E-state index is 4.88. The van der Waals surface area contributed by atoms with Gasteiger partial charge in [-0.2, -0.15) is 0 Å². The summed E-state index contributed by atoms with van der Waals surface area (Å²) in [7, 11) is 0. The van der Waals surface area contributed by atoms with Crippen molar-refractivity contribution in [3.63, 3.8) is 0 Å². The Morgan fingerprint density at radius 3 is 2.00 bits per heavy atom. The molecule has 6 aromatic carbocycles. The summed E-state index contributed by atoms with van der Waals surface area (Å²) in [4.78, 5) is 9.17. The summed E-state index contributed by atoms with van der Waals surface area (Å²) in [5.74, 6) is 0.664. The van der Waals surface area contributed by atoms with Gasteiger partial charge in [0.05, 0.1) is 17.6 Å². The van der Waals surface area contributed by atoms with Crippen LogP contribution >= 0.6 is 0 Å². The van der Waals surface area contributed by atoms with Gasteiger partial charge in [-0.15, -0.1) is 0 Å². The van der Waals surface area contributed by atoms with E-state index in [0.29, 0.717) is 12.4 Å². The Bertz CT molecular complexity index is 2150. The van der Waals surface area contributed by atoms with Gasteiger partial charge >= 0.3 is 0 Å². The number of nitrogens with zero attached hydrogens (tertiary/aromatic N) is 3. The number of aliphatic imine (C=N–C) groups is 2. The van der Waals surface area contributed by atoms with Crippen LogP contribution in [0.2, 0.25) is 0 Å². The minimum absolute atomic E-state index is 0.556. The van der Waals surface area contributed by atoms with Gasteiger partial charge < -0.3 is 4.57 Å². The Kier molecular flexibility index (Phi) is 6.08. The molecule has 0 amide bonds. The van der Waals surface area contributed by atoms with Gasteiger partial charge in [-0.3, -0.25) is 4.99 Å². The molecule has 3 nitrogen and oxygen atoms in total. The second-order valence-electron chi connectivity index (χ2n) is 11.1. The van der Waals surface area contributed by atoms with E-state index in [2.05, 4.69) is 144 Å². The molecule has 0 radical (unpaired) electrons. The maximum Gasteiger partial charge on any atom is 0.154 e. The fourth-order valence-electron chi connectivity index (χ4n) is 6.56. The Morgan fingerprint density at radius 2 is 1.26 bits per heavy atom. The molecule has 204 valence electrons. The van der Waals surface area contributed by atoms with E-state index in [4.69, 9.17) is 4.99 Å². The summed E-state index contributed by atoms with van der Waals surface area (Å²) in [5.41, 5.74) is 13.5. The molecular formula is C40H29N3. The number of benzene rings is 6. The number of hydrogen-bond donors (Lipinski definition) is 0. The Hall–Kier alpha value is -5.54. The smallest absolute Gasteiger partial charge is 0.154 e. The molecule has 0 N–H and O–H groups in total. The lowest BCUT2D eigenvalue weighted by Crippen LogP contribution is -1.98. The third-order valence-corrected chi connectivity index (χ3v) is 8.56. The summed E-state index contributed by atoms with van der Waals surface area (Å²) < 4.78 is 2.39. The van der Waals surface area contributed by atoms with Gasteiger partial charge in [0.25, 0.3) is 0 Å². The SMILES string of the molecule is C=N/C(=N\Cc1ccc2c(c1)Cc1cc(-n3c4ccccc4c4ccccc43)ccc1-2)c1cccc(-c2ccccc2)c1. The first-order valence-corrected chi connectivity index (χ1v) is 14.7. The van der Waals surface area contributed by atoms with Crippen molar-refractivity contribution >= 4 is 34.4 Å². The predicted octanol–water partition coefficient (Wildman–Crippen LogP) is 9.67. The van der Waals surface area contributed by atoms with E-state index >= 15 is 0 Å². The highest BCUT2D eigenvalue weighted by molar-refractivity contribution is 6.09. The highest BCUT2D eigenvalue weighted by Gasteiger charge is 2.20. The zero-order chi connectivity index (χ0) is 28.8. The summed E-state index contributed by atoms with van der Waals surface area (Å²) in [6.07, 6.45) is 0.916. The normalized spacial score (nSPS) is 12.4. The molecular weight excluding hydrogens is 522 g/mol. The molecule has 8 rings (SSSR count). The van der Waals surface area contributed by atoms with Crippen molar-refractivity contribution in [2.24, 2.45) is 9.98 Å². The Balaban J connectivity index is 1.08. The number of rotatable bonds is 5. The van der Waals surface area contributed by atoms with Gasteiger partial charge in [-0.05, 0) is 82.4 Å². The summed E-state index contributed by atoms with van der Waals surface area (Å²) in [6.45, 7) is 4.38. The van der Waals surface area contributed by atoms with Crippen LogP contribution in [0.15, 0.2) is 150 Å². The van der Waals surface area contributed by atoms with E-state index in [1.165, 1.54) is 60.9 Å². The van der Waals surface area contributed by atoms with Crippen molar-refractivity contribution < 1.29 is 0 Å². The quantitative estimate of drug-likeness (QED) is 0.151. The van der Waals surface area contributed by atoms with Crippen LogP contribution in [0.25, 0.3) is 49.7 Å². The van der Waals surface area contributed by atoms with Crippen molar-refractivity contribution in [2.45, 2.75) is 13.0 Å². The minimum Gasteiger partial charge on any atom is -0.309 e. The molecule has 0 saturated heterocycles. The molecule has 1 heterocycles. The number of hydrogen-bond acceptors (Lipinski definition) is 1. The van der Waals surface area contributed by atoms with Crippen molar-refractivity contribution in [3.8, 4) is 27.9 Å². The van der Waals surface area contributed by atoms with Crippen LogP contribution in [0.1, 0.15) is 22.3 Å². The molecule has 0 atom stereocenters. The molecule has 0 fully saturated rings. The van der Waals surface area contributed by atoms with Crippen molar-refractivity contribution in [2.75, 3.05) is 0 Å². The molecule has 0 bridgehead atoms. The van der Waals surface area contributed by atoms with E-state index < -0.39 is 0 Å². The fourth-order valence-corrected chi connectivity index (χ4v) is 6.56. The lowest BCUT2D eigenvalue weighted by molar-refractivity contribution is 1.05. The second kappa shape index (κ2) is 10.4. The van der Waals surface area contributed by atoms with Crippen LogP contribution in [0, 0.1) is 0 Å². The van der Waals surface area contributed by atoms with Crippen molar-refractivity contribution in [1.29, 1.82) is 0 Å². The van der Waals surface area contributed by atoms with Crippen LogP contribution < -0.4 is 0 Å². The predicted molar refractivity (Wildman–Crippen MR) is 181 cm³/mol. The molecule has 0 aliphatic heterocycles. The number of amidine groups is 1. The maximum atomic E-state index is 4.88.